The Labute approximate surface area is 104 Å². The number of carbonyl (C=O) groups is 1. The molecular weight excluding hydrogens is 246 g/mol. The Morgan fingerprint density at radius 1 is 1.35 bits per heavy atom. The zero-order valence-electron chi connectivity index (χ0n) is 9.51. The van der Waals surface area contributed by atoms with Gasteiger partial charge < -0.3 is 14.6 Å². The lowest BCUT2D eigenvalue weighted by Gasteiger charge is -2.21. The predicted molar refractivity (Wildman–Crippen MR) is 62.8 cm³/mol. The number of nitrogens with one attached hydrogen (secondary N) is 1. The minimum Gasteiger partial charge on any atom is -0.480 e. The van der Waals surface area contributed by atoms with Crippen molar-refractivity contribution in [3.05, 3.63) is 34.9 Å². The van der Waals surface area contributed by atoms with E-state index in [0.29, 0.717) is 10.6 Å². The fourth-order valence-electron chi connectivity index (χ4n) is 1.37. The molecule has 0 saturated heterocycles. The van der Waals surface area contributed by atoms with Gasteiger partial charge in [-0.2, -0.15) is 0 Å². The van der Waals surface area contributed by atoms with Gasteiger partial charge in [0.15, 0.2) is 0 Å². The summed E-state index contributed by atoms with van der Waals surface area (Å²) in [5.41, 5.74) is 0.459. The number of methoxy groups -OCH3 is 2. The van der Waals surface area contributed by atoms with E-state index in [9.17, 15) is 4.79 Å². The number of halogens is 1. The van der Waals surface area contributed by atoms with Gasteiger partial charge in [0.1, 0.15) is 6.04 Å². The van der Waals surface area contributed by atoms with Crippen LogP contribution < -0.4 is 5.32 Å². The van der Waals surface area contributed by atoms with Crippen molar-refractivity contribution in [1.29, 1.82) is 0 Å². The standard InChI is InChI=1S/C11H14ClNO4/c1-16-11(17-2)13-9(10(14)15)7-5-3-4-6-8(7)12/h3-6,9,11,13H,1-2H3,(H,14,15). The van der Waals surface area contributed by atoms with Gasteiger partial charge in [0.05, 0.1) is 0 Å². The summed E-state index contributed by atoms with van der Waals surface area (Å²) < 4.78 is 9.80. The average Bonchev–Trinajstić information content (AvgIpc) is 2.32. The average molecular weight is 260 g/mol. The van der Waals surface area contributed by atoms with Crippen LogP contribution in [-0.4, -0.2) is 31.7 Å². The Hall–Kier alpha value is -1.14. The van der Waals surface area contributed by atoms with Crippen molar-refractivity contribution < 1.29 is 19.4 Å². The van der Waals surface area contributed by atoms with Gasteiger partial charge in [-0.1, -0.05) is 29.8 Å². The zero-order valence-corrected chi connectivity index (χ0v) is 10.3. The maximum atomic E-state index is 11.2. The van der Waals surface area contributed by atoms with E-state index < -0.39 is 18.4 Å². The summed E-state index contributed by atoms with van der Waals surface area (Å²) in [6.45, 7) is 0. The van der Waals surface area contributed by atoms with Gasteiger partial charge >= 0.3 is 5.97 Å². The summed E-state index contributed by atoms with van der Waals surface area (Å²) in [7, 11) is 2.82. The maximum absolute atomic E-state index is 11.2. The minimum atomic E-state index is -1.06. The van der Waals surface area contributed by atoms with Crippen LogP contribution in [0.1, 0.15) is 11.6 Å². The fourth-order valence-corrected chi connectivity index (χ4v) is 1.62. The van der Waals surface area contributed by atoms with E-state index in [2.05, 4.69) is 5.32 Å². The molecule has 0 aliphatic rings. The molecule has 5 nitrogen and oxygen atoms in total. The molecule has 1 atom stereocenters. The maximum Gasteiger partial charge on any atom is 0.325 e. The van der Waals surface area contributed by atoms with Crippen molar-refractivity contribution in [2.24, 2.45) is 0 Å². The molecule has 1 aromatic rings. The van der Waals surface area contributed by atoms with Crippen LogP contribution in [0, 0.1) is 0 Å². The smallest absolute Gasteiger partial charge is 0.325 e. The summed E-state index contributed by atoms with van der Waals surface area (Å²) >= 11 is 5.95. The van der Waals surface area contributed by atoms with Gasteiger partial charge in [0.25, 0.3) is 0 Å². The highest BCUT2D eigenvalue weighted by Gasteiger charge is 2.24. The quantitative estimate of drug-likeness (QED) is 0.760. The molecule has 0 bridgehead atoms. The van der Waals surface area contributed by atoms with E-state index in [-0.39, 0.29) is 0 Å². The molecule has 0 aromatic heterocycles. The summed E-state index contributed by atoms with van der Waals surface area (Å²) in [4.78, 5) is 11.2. The number of carboxylic acids is 1. The molecule has 1 unspecified atom stereocenters. The molecule has 1 rings (SSSR count). The number of hydrogen-bond acceptors (Lipinski definition) is 4. The third-order valence-corrected chi connectivity index (χ3v) is 2.54. The van der Waals surface area contributed by atoms with Crippen molar-refractivity contribution >= 4 is 17.6 Å². The molecule has 2 N–H and O–H groups in total. The number of carboxylic acid groups (broad SMARTS) is 1. The van der Waals surface area contributed by atoms with Crippen LogP contribution >= 0.6 is 11.6 Å². The second-order valence-corrected chi connectivity index (χ2v) is 3.67. The van der Waals surface area contributed by atoms with E-state index in [4.69, 9.17) is 26.2 Å². The zero-order chi connectivity index (χ0) is 12.8. The van der Waals surface area contributed by atoms with Gasteiger partial charge in [0.2, 0.25) is 6.41 Å². The first-order chi connectivity index (χ1) is 8.10. The third-order valence-electron chi connectivity index (χ3n) is 2.19. The van der Waals surface area contributed by atoms with E-state index >= 15 is 0 Å². The van der Waals surface area contributed by atoms with E-state index in [1.54, 1.807) is 24.3 Å². The van der Waals surface area contributed by atoms with E-state index in [0.717, 1.165) is 0 Å². The number of ether oxygens (including phenoxy) is 2. The molecule has 94 valence electrons. The first-order valence-electron chi connectivity index (χ1n) is 4.89. The first kappa shape index (κ1) is 13.9. The highest BCUT2D eigenvalue weighted by Crippen LogP contribution is 2.23. The number of rotatable bonds is 6. The largest absolute Gasteiger partial charge is 0.480 e. The molecule has 0 amide bonds. The Balaban J connectivity index is 2.94. The second-order valence-electron chi connectivity index (χ2n) is 3.26. The van der Waals surface area contributed by atoms with Gasteiger partial charge in [-0.05, 0) is 11.6 Å². The van der Waals surface area contributed by atoms with E-state index in [1.807, 2.05) is 0 Å². The van der Waals surface area contributed by atoms with E-state index in [1.165, 1.54) is 14.2 Å². The lowest BCUT2D eigenvalue weighted by molar-refractivity contribution is -0.153. The SMILES string of the molecule is COC(NC(C(=O)O)c1ccccc1Cl)OC. The molecule has 17 heavy (non-hydrogen) atoms. The minimum absolute atomic E-state index is 0.373. The van der Waals surface area contributed by atoms with Crippen LogP contribution in [0.3, 0.4) is 0 Å². The highest BCUT2D eigenvalue weighted by atomic mass is 35.5. The lowest BCUT2D eigenvalue weighted by Crippen LogP contribution is -2.39. The fraction of sp³-hybridized carbons (Fsp3) is 0.364. The van der Waals surface area contributed by atoms with Gasteiger partial charge in [-0.3, -0.25) is 10.1 Å². The molecule has 0 fully saturated rings. The van der Waals surface area contributed by atoms with Crippen molar-refractivity contribution in [1.82, 2.24) is 5.32 Å². The lowest BCUT2D eigenvalue weighted by atomic mass is 10.1. The molecule has 0 saturated carbocycles. The highest BCUT2D eigenvalue weighted by molar-refractivity contribution is 6.31. The van der Waals surface area contributed by atoms with Gasteiger partial charge in [-0.25, -0.2) is 0 Å². The molecule has 6 heteroatoms. The molecule has 0 radical (unpaired) electrons. The Morgan fingerprint density at radius 2 is 1.94 bits per heavy atom. The van der Waals surface area contributed by atoms with Crippen molar-refractivity contribution in [2.45, 2.75) is 12.5 Å². The van der Waals surface area contributed by atoms with Crippen LogP contribution in [0.5, 0.6) is 0 Å². The third kappa shape index (κ3) is 3.67. The summed E-state index contributed by atoms with van der Waals surface area (Å²) in [6.07, 6.45) is -0.813. The number of aliphatic carboxylic acids is 1. The Bertz CT molecular complexity index is 381. The normalized spacial score (nSPS) is 12.7. The van der Waals surface area contributed by atoms with Gasteiger partial charge in [0, 0.05) is 19.2 Å². The Kier molecular flexibility index (Phi) is 5.37. The summed E-state index contributed by atoms with van der Waals surface area (Å²) in [5.74, 6) is -1.06. The van der Waals surface area contributed by atoms with Crippen molar-refractivity contribution in [2.75, 3.05) is 14.2 Å². The molecule has 0 heterocycles. The number of hydrogen-bond donors (Lipinski definition) is 2. The molecular formula is C11H14ClNO4. The van der Waals surface area contributed by atoms with Crippen LogP contribution in [-0.2, 0) is 14.3 Å². The van der Waals surface area contributed by atoms with Crippen LogP contribution in [0.4, 0.5) is 0 Å². The van der Waals surface area contributed by atoms with Crippen molar-refractivity contribution in [3.63, 3.8) is 0 Å². The van der Waals surface area contributed by atoms with Crippen molar-refractivity contribution in [3.8, 4) is 0 Å². The first-order valence-corrected chi connectivity index (χ1v) is 5.26. The second kappa shape index (κ2) is 6.56. The molecule has 0 spiro atoms. The predicted octanol–water partition coefficient (Wildman–Crippen LogP) is 1.63. The number of benzene rings is 1. The van der Waals surface area contributed by atoms with Gasteiger partial charge in [-0.15, -0.1) is 0 Å². The van der Waals surface area contributed by atoms with Crippen LogP contribution in [0.15, 0.2) is 24.3 Å². The van der Waals surface area contributed by atoms with Crippen LogP contribution in [0.2, 0.25) is 5.02 Å². The molecule has 1 aromatic carbocycles. The molecule has 0 aliphatic carbocycles. The van der Waals surface area contributed by atoms with Crippen LogP contribution in [0.25, 0.3) is 0 Å². The topological polar surface area (TPSA) is 67.8 Å². The Morgan fingerprint density at radius 3 is 2.41 bits per heavy atom. The summed E-state index contributed by atoms with van der Waals surface area (Å²) in [5, 5.41) is 12.2. The monoisotopic (exact) mass is 259 g/mol. The molecule has 0 aliphatic heterocycles. The summed E-state index contributed by atoms with van der Waals surface area (Å²) in [6, 6.07) is 5.72.